The van der Waals surface area contributed by atoms with E-state index in [1.54, 1.807) is 38.3 Å². The molecule has 7 nitrogen and oxygen atoms in total. The third-order valence-corrected chi connectivity index (χ3v) is 5.20. The van der Waals surface area contributed by atoms with Crippen LogP contribution in [0, 0.1) is 0 Å². The van der Waals surface area contributed by atoms with Crippen LogP contribution in [-0.2, 0) is 20.8 Å². The number of carbonyl (C=O) groups excluding carboxylic acids is 3. The molecule has 0 saturated heterocycles. The Labute approximate surface area is 199 Å². The van der Waals surface area contributed by atoms with Crippen LogP contribution in [0.5, 0.6) is 5.75 Å². The highest BCUT2D eigenvalue weighted by atomic mass is 16.5. The zero-order chi connectivity index (χ0) is 24.5. The molecule has 0 bridgehead atoms. The lowest BCUT2D eigenvalue weighted by atomic mass is 10.0. The van der Waals surface area contributed by atoms with Gasteiger partial charge in [0.15, 0.2) is 0 Å². The smallest absolute Gasteiger partial charge is 0.248 e. The van der Waals surface area contributed by atoms with Gasteiger partial charge in [0.25, 0.3) is 0 Å². The van der Waals surface area contributed by atoms with Crippen molar-refractivity contribution in [2.45, 2.75) is 13.3 Å². The minimum absolute atomic E-state index is 0.151. The molecule has 0 unspecified atom stereocenters. The molecule has 0 atom stereocenters. The van der Waals surface area contributed by atoms with Crippen molar-refractivity contribution in [1.29, 1.82) is 0 Å². The highest BCUT2D eigenvalue weighted by Gasteiger charge is 2.09. The summed E-state index contributed by atoms with van der Waals surface area (Å²) >= 11 is 0. The molecule has 0 saturated carbocycles. The summed E-state index contributed by atoms with van der Waals surface area (Å²) in [5.74, 6) is 0.369. The van der Waals surface area contributed by atoms with E-state index in [4.69, 9.17) is 4.74 Å². The van der Waals surface area contributed by atoms with Gasteiger partial charge in [-0.1, -0.05) is 36.4 Å². The van der Waals surface area contributed by atoms with Crippen molar-refractivity contribution in [3.8, 4) is 16.9 Å². The van der Waals surface area contributed by atoms with Crippen LogP contribution in [0.15, 0.2) is 84.6 Å². The Balaban J connectivity index is 1.65. The second-order valence-electron chi connectivity index (χ2n) is 7.60. The molecule has 3 aromatic rings. The van der Waals surface area contributed by atoms with Crippen LogP contribution < -0.4 is 20.3 Å². The van der Waals surface area contributed by atoms with Gasteiger partial charge in [0.05, 0.1) is 13.5 Å². The standard InChI is InChI=1S/C27H27N3O4/c1-19(27(33)28-2)17-30(18-31)24-11-9-23(10-12-24)29-26(32)16-20-5-4-6-22(15-20)21-7-13-25(34-3)14-8-21/h4-15,17-18H,16H2,1-3H3,(H,28,33)(H,29,32)/b19-17-. The molecule has 7 heteroatoms. The minimum Gasteiger partial charge on any atom is -0.497 e. The summed E-state index contributed by atoms with van der Waals surface area (Å²) < 4.78 is 5.20. The minimum atomic E-state index is -0.271. The van der Waals surface area contributed by atoms with Gasteiger partial charge < -0.3 is 15.4 Å². The fourth-order valence-electron chi connectivity index (χ4n) is 3.38. The summed E-state index contributed by atoms with van der Waals surface area (Å²) in [7, 11) is 3.16. The number of carbonyl (C=O) groups is 3. The van der Waals surface area contributed by atoms with Crippen LogP contribution in [0.2, 0.25) is 0 Å². The van der Waals surface area contributed by atoms with Gasteiger partial charge in [-0.3, -0.25) is 19.3 Å². The molecular formula is C27H27N3O4. The molecular weight excluding hydrogens is 430 g/mol. The number of likely N-dealkylation sites (N-methyl/N-ethyl adjacent to an activating group) is 1. The average molecular weight is 458 g/mol. The molecule has 0 spiro atoms. The number of nitrogens with one attached hydrogen (secondary N) is 2. The predicted octanol–water partition coefficient (Wildman–Crippen LogP) is 4.16. The first kappa shape index (κ1) is 24.3. The fraction of sp³-hybridized carbons (Fsp3) is 0.148. The molecule has 3 rings (SSSR count). The molecule has 0 aliphatic heterocycles. The summed E-state index contributed by atoms with van der Waals surface area (Å²) in [6.07, 6.45) is 2.30. The van der Waals surface area contributed by atoms with E-state index in [9.17, 15) is 14.4 Å². The summed E-state index contributed by atoms with van der Waals surface area (Å²) in [5, 5.41) is 5.39. The highest BCUT2D eigenvalue weighted by Crippen LogP contribution is 2.24. The van der Waals surface area contributed by atoms with Gasteiger partial charge in [-0.25, -0.2) is 0 Å². The van der Waals surface area contributed by atoms with Gasteiger partial charge >= 0.3 is 0 Å². The average Bonchev–Trinajstić information content (AvgIpc) is 2.87. The van der Waals surface area contributed by atoms with E-state index in [1.165, 1.54) is 18.1 Å². The Morgan fingerprint density at radius 1 is 0.971 bits per heavy atom. The Kier molecular flexibility index (Phi) is 8.18. The van der Waals surface area contributed by atoms with Crippen molar-refractivity contribution in [2.75, 3.05) is 24.4 Å². The van der Waals surface area contributed by atoms with Crippen LogP contribution in [0.3, 0.4) is 0 Å². The first-order chi connectivity index (χ1) is 16.4. The molecule has 2 N–H and O–H groups in total. The van der Waals surface area contributed by atoms with Crippen LogP contribution in [-0.4, -0.2) is 32.4 Å². The van der Waals surface area contributed by atoms with E-state index in [1.807, 2.05) is 48.5 Å². The Morgan fingerprint density at radius 2 is 1.68 bits per heavy atom. The number of nitrogens with zero attached hydrogens (tertiary/aromatic N) is 1. The second-order valence-corrected chi connectivity index (χ2v) is 7.60. The van der Waals surface area contributed by atoms with E-state index in [2.05, 4.69) is 10.6 Å². The van der Waals surface area contributed by atoms with E-state index >= 15 is 0 Å². The van der Waals surface area contributed by atoms with Crippen molar-refractivity contribution in [2.24, 2.45) is 0 Å². The molecule has 34 heavy (non-hydrogen) atoms. The monoisotopic (exact) mass is 457 g/mol. The first-order valence-corrected chi connectivity index (χ1v) is 10.7. The number of hydrogen-bond acceptors (Lipinski definition) is 4. The number of benzene rings is 3. The maximum Gasteiger partial charge on any atom is 0.248 e. The highest BCUT2D eigenvalue weighted by molar-refractivity contribution is 5.95. The third-order valence-electron chi connectivity index (χ3n) is 5.20. The van der Waals surface area contributed by atoms with E-state index in [-0.39, 0.29) is 18.2 Å². The quantitative estimate of drug-likeness (QED) is 0.373. The van der Waals surface area contributed by atoms with Gasteiger partial charge in [0.2, 0.25) is 18.2 Å². The van der Waals surface area contributed by atoms with Crippen LogP contribution in [0.4, 0.5) is 11.4 Å². The molecule has 0 aliphatic carbocycles. The zero-order valence-electron chi connectivity index (χ0n) is 19.4. The van der Waals surface area contributed by atoms with Crippen molar-refractivity contribution >= 4 is 29.6 Å². The largest absolute Gasteiger partial charge is 0.497 e. The maximum atomic E-state index is 12.6. The van der Waals surface area contributed by atoms with Crippen LogP contribution in [0.1, 0.15) is 12.5 Å². The van der Waals surface area contributed by atoms with Crippen molar-refractivity contribution < 1.29 is 19.1 Å². The topological polar surface area (TPSA) is 87.7 Å². The Bertz CT molecular complexity index is 1190. The van der Waals surface area contributed by atoms with Gasteiger partial charge in [-0.2, -0.15) is 0 Å². The normalized spacial score (nSPS) is 10.9. The molecule has 0 aliphatic rings. The van der Waals surface area contributed by atoms with Crippen molar-refractivity contribution in [3.63, 3.8) is 0 Å². The van der Waals surface area contributed by atoms with E-state index < -0.39 is 0 Å². The van der Waals surface area contributed by atoms with E-state index in [0.29, 0.717) is 23.4 Å². The van der Waals surface area contributed by atoms with Gasteiger partial charge in [0.1, 0.15) is 5.75 Å². The summed E-state index contributed by atoms with van der Waals surface area (Å²) in [4.78, 5) is 37.0. The summed E-state index contributed by atoms with van der Waals surface area (Å²) in [6, 6.07) is 22.4. The lowest BCUT2D eigenvalue weighted by molar-refractivity contribution is -0.117. The lowest BCUT2D eigenvalue weighted by Crippen LogP contribution is -2.22. The summed E-state index contributed by atoms with van der Waals surface area (Å²) in [5.41, 5.74) is 4.53. The Morgan fingerprint density at radius 3 is 2.29 bits per heavy atom. The predicted molar refractivity (Wildman–Crippen MR) is 134 cm³/mol. The number of hydrogen-bond donors (Lipinski definition) is 2. The summed E-state index contributed by atoms with van der Waals surface area (Å²) in [6.45, 7) is 1.62. The van der Waals surface area contributed by atoms with Gasteiger partial charge in [-0.15, -0.1) is 0 Å². The first-order valence-electron chi connectivity index (χ1n) is 10.7. The molecule has 0 heterocycles. The molecule has 0 aromatic heterocycles. The SMILES string of the molecule is CNC(=O)/C(C)=C\N(C=O)c1ccc(NC(=O)Cc2cccc(-c3ccc(OC)cc3)c2)cc1. The third kappa shape index (κ3) is 6.32. The van der Waals surface area contributed by atoms with E-state index in [0.717, 1.165) is 22.4 Å². The lowest BCUT2D eigenvalue weighted by Gasteiger charge is -2.14. The Hall–Kier alpha value is -4.39. The second kappa shape index (κ2) is 11.5. The molecule has 0 radical (unpaired) electrons. The van der Waals surface area contributed by atoms with Gasteiger partial charge in [0, 0.05) is 30.2 Å². The number of rotatable bonds is 9. The number of amides is 3. The maximum absolute atomic E-state index is 12.6. The van der Waals surface area contributed by atoms with Crippen LogP contribution in [0.25, 0.3) is 11.1 Å². The zero-order valence-corrected chi connectivity index (χ0v) is 19.4. The van der Waals surface area contributed by atoms with Crippen LogP contribution >= 0.6 is 0 Å². The molecule has 3 amide bonds. The molecule has 0 fully saturated rings. The number of anilines is 2. The van der Waals surface area contributed by atoms with Gasteiger partial charge in [-0.05, 0) is 60.0 Å². The van der Waals surface area contributed by atoms with Crippen molar-refractivity contribution in [3.05, 3.63) is 90.1 Å². The fourth-order valence-corrected chi connectivity index (χ4v) is 3.38. The van der Waals surface area contributed by atoms with Crippen molar-refractivity contribution in [1.82, 2.24) is 5.32 Å². The number of ether oxygens (including phenoxy) is 1. The molecule has 174 valence electrons. The number of methoxy groups -OCH3 is 1. The molecule has 3 aromatic carbocycles.